The van der Waals surface area contributed by atoms with Gasteiger partial charge in [-0.3, -0.25) is 0 Å². The van der Waals surface area contributed by atoms with Gasteiger partial charge in [0.15, 0.2) is 0 Å². The van der Waals surface area contributed by atoms with Crippen LogP contribution in [0.1, 0.15) is 19.4 Å². The summed E-state index contributed by atoms with van der Waals surface area (Å²) in [7, 11) is 1.62. The monoisotopic (exact) mass is 212 g/mol. The lowest BCUT2D eigenvalue weighted by Gasteiger charge is -2.09. The fourth-order valence-corrected chi connectivity index (χ4v) is 1.86. The van der Waals surface area contributed by atoms with E-state index in [-0.39, 0.29) is 5.75 Å². The van der Waals surface area contributed by atoms with E-state index in [0.29, 0.717) is 5.25 Å². The highest BCUT2D eigenvalue weighted by molar-refractivity contribution is 7.99. The standard InChI is InChI=1S/C11H16O2S/c1-8(2)14-7-9-4-5-10(12)6-11(9)13-3/h4-6,8,12H,7H2,1-3H3. The number of methoxy groups -OCH3 is 1. The van der Waals surface area contributed by atoms with E-state index in [1.54, 1.807) is 19.2 Å². The minimum atomic E-state index is 0.250. The molecule has 0 aliphatic heterocycles. The Morgan fingerprint density at radius 2 is 2.14 bits per heavy atom. The third-order valence-corrected chi connectivity index (χ3v) is 2.99. The van der Waals surface area contributed by atoms with E-state index in [1.165, 1.54) is 0 Å². The minimum absolute atomic E-state index is 0.250. The van der Waals surface area contributed by atoms with E-state index in [1.807, 2.05) is 17.8 Å². The van der Waals surface area contributed by atoms with Crippen molar-refractivity contribution in [3.8, 4) is 11.5 Å². The van der Waals surface area contributed by atoms with Crippen molar-refractivity contribution in [2.24, 2.45) is 0 Å². The van der Waals surface area contributed by atoms with Gasteiger partial charge >= 0.3 is 0 Å². The number of rotatable bonds is 4. The molecule has 0 bridgehead atoms. The summed E-state index contributed by atoms with van der Waals surface area (Å²) in [5.41, 5.74) is 1.13. The van der Waals surface area contributed by atoms with Gasteiger partial charge in [-0.25, -0.2) is 0 Å². The van der Waals surface area contributed by atoms with Crippen LogP contribution in [0.2, 0.25) is 0 Å². The van der Waals surface area contributed by atoms with Crippen LogP contribution >= 0.6 is 11.8 Å². The van der Waals surface area contributed by atoms with Crippen molar-refractivity contribution in [2.75, 3.05) is 7.11 Å². The summed E-state index contributed by atoms with van der Waals surface area (Å²) < 4.78 is 5.19. The van der Waals surface area contributed by atoms with Crippen LogP contribution in [-0.4, -0.2) is 17.5 Å². The van der Waals surface area contributed by atoms with Gasteiger partial charge in [-0.05, 0) is 11.3 Å². The van der Waals surface area contributed by atoms with Crippen LogP contribution in [0, 0.1) is 0 Å². The Bertz CT molecular complexity index is 297. The molecule has 2 nitrogen and oxygen atoms in total. The average molecular weight is 212 g/mol. The lowest BCUT2D eigenvalue weighted by atomic mass is 10.2. The van der Waals surface area contributed by atoms with E-state index in [0.717, 1.165) is 17.1 Å². The molecule has 0 unspecified atom stereocenters. The molecule has 1 aromatic carbocycles. The van der Waals surface area contributed by atoms with E-state index < -0.39 is 0 Å². The molecule has 0 heterocycles. The molecule has 0 spiro atoms. The third kappa shape index (κ3) is 3.14. The van der Waals surface area contributed by atoms with Crippen LogP contribution in [0.3, 0.4) is 0 Å². The van der Waals surface area contributed by atoms with Crippen molar-refractivity contribution in [2.45, 2.75) is 24.9 Å². The summed E-state index contributed by atoms with van der Waals surface area (Å²) in [6.45, 7) is 4.33. The molecular formula is C11H16O2S. The third-order valence-electron chi connectivity index (χ3n) is 1.84. The average Bonchev–Trinajstić information content (AvgIpc) is 2.15. The van der Waals surface area contributed by atoms with Gasteiger partial charge in [0.25, 0.3) is 0 Å². The number of phenolic OH excluding ortho intramolecular Hbond substituents is 1. The van der Waals surface area contributed by atoms with Gasteiger partial charge in [0.1, 0.15) is 11.5 Å². The fraction of sp³-hybridized carbons (Fsp3) is 0.455. The Morgan fingerprint density at radius 3 is 2.71 bits per heavy atom. The van der Waals surface area contributed by atoms with Crippen LogP contribution in [0.4, 0.5) is 0 Å². The second kappa shape index (κ2) is 5.15. The number of benzene rings is 1. The molecular weight excluding hydrogens is 196 g/mol. The summed E-state index contributed by atoms with van der Waals surface area (Å²) in [6.07, 6.45) is 0. The Morgan fingerprint density at radius 1 is 1.43 bits per heavy atom. The number of aromatic hydroxyl groups is 1. The van der Waals surface area contributed by atoms with Crippen LogP contribution < -0.4 is 4.74 Å². The van der Waals surface area contributed by atoms with Crippen LogP contribution in [-0.2, 0) is 5.75 Å². The van der Waals surface area contributed by atoms with Gasteiger partial charge < -0.3 is 9.84 Å². The molecule has 0 amide bonds. The Labute approximate surface area is 89.3 Å². The molecule has 1 rings (SSSR count). The normalized spacial score (nSPS) is 10.6. The van der Waals surface area contributed by atoms with Gasteiger partial charge in [-0.15, -0.1) is 0 Å². The van der Waals surface area contributed by atoms with Crippen molar-refractivity contribution in [3.05, 3.63) is 23.8 Å². The Balaban J connectivity index is 2.75. The Hall–Kier alpha value is -0.830. The minimum Gasteiger partial charge on any atom is -0.508 e. The van der Waals surface area contributed by atoms with Crippen molar-refractivity contribution < 1.29 is 9.84 Å². The SMILES string of the molecule is COc1cc(O)ccc1CSC(C)C. The van der Waals surface area contributed by atoms with Crippen molar-refractivity contribution in [1.29, 1.82) is 0 Å². The lowest BCUT2D eigenvalue weighted by molar-refractivity contribution is 0.404. The maximum Gasteiger partial charge on any atom is 0.126 e. The van der Waals surface area contributed by atoms with Gasteiger partial charge in [0.05, 0.1) is 7.11 Å². The first kappa shape index (κ1) is 11.2. The highest BCUT2D eigenvalue weighted by atomic mass is 32.2. The predicted octanol–water partition coefficient (Wildman–Crippen LogP) is 3.04. The summed E-state index contributed by atoms with van der Waals surface area (Å²) >= 11 is 1.86. The summed E-state index contributed by atoms with van der Waals surface area (Å²) in [5, 5.41) is 9.86. The Kier molecular flexibility index (Phi) is 4.14. The summed E-state index contributed by atoms with van der Waals surface area (Å²) in [4.78, 5) is 0. The van der Waals surface area contributed by atoms with Crippen molar-refractivity contribution >= 4 is 11.8 Å². The second-order valence-electron chi connectivity index (χ2n) is 3.36. The van der Waals surface area contributed by atoms with Crippen LogP contribution in [0.25, 0.3) is 0 Å². The molecule has 78 valence electrons. The molecule has 0 fully saturated rings. The molecule has 0 saturated heterocycles. The molecule has 0 atom stereocenters. The van der Waals surface area contributed by atoms with E-state index >= 15 is 0 Å². The van der Waals surface area contributed by atoms with Gasteiger partial charge in [-0.1, -0.05) is 19.9 Å². The first-order chi connectivity index (χ1) is 6.63. The highest BCUT2D eigenvalue weighted by Crippen LogP contribution is 2.28. The predicted molar refractivity (Wildman–Crippen MR) is 61.1 cm³/mol. The van der Waals surface area contributed by atoms with Gasteiger partial charge in [0, 0.05) is 17.4 Å². The molecule has 0 aromatic heterocycles. The lowest BCUT2D eigenvalue weighted by Crippen LogP contribution is -1.93. The number of phenols is 1. The molecule has 0 aliphatic carbocycles. The van der Waals surface area contributed by atoms with Crippen molar-refractivity contribution in [1.82, 2.24) is 0 Å². The molecule has 1 N–H and O–H groups in total. The smallest absolute Gasteiger partial charge is 0.126 e. The zero-order chi connectivity index (χ0) is 10.6. The summed E-state index contributed by atoms with van der Waals surface area (Å²) in [6, 6.07) is 5.25. The maximum atomic E-state index is 9.26. The largest absolute Gasteiger partial charge is 0.508 e. The quantitative estimate of drug-likeness (QED) is 0.831. The molecule has 0 radical (unpaired) electrons. The number of hydrogen-bond acceptors (Lipinski definition) is 3. The van der Waals surface area contributed by atoms with E-state index in [4.69, 9.17) is 4.74 Å². The molecule has 0 aliphatic rings. The van der Waals surface area contributed by atoms with Gasteiger partial charge in [0.2, 0.25) is 0 Å². The van der Waals surface area contributed by atoms with Crippen LogP contribution in [0.5, 0.6) is 11.5 Å². The van der Waals surface area contributed by atoms with E-state index in [2.05, 4.69) is 13.8 Å². The molecule has 1 aromatic rings. The first-order valence-corrected chi connectivity index (χ1v) is 5.66. The summed E-state index contributed by atoms with van der Waals surface area (Å²) in [5.74, 6) is 1.93. The van der Waals surface area contributed by atoms with E-state index in [9.17, 15) is 5.11 Å². The van der Waals surface area contributed by atoms with Crippen LogP contribution in [0.15, 0.2) is 18.2 Å². The number of thioether (sulfide) groups is 1. The molecule has 14 heavy (non-hydrogen) atoms. The first-order valence-electron chi connectivity index (χ1n) is 4.61. The maximum absolute atomic E-state index is 9.26. The molecule has 3 heteroatoms. The zero-order valence-corrected chi connectivity index (χ0v) is 9.60. The number of ether oxygens (including phenoxy) is 1. The zero-order valence-electron chi connectivity index (χ0n) is 8.78. The molecule has 0 saturated carbocycles. The van der Waals surface area contributed by atoms with Gasteiger partial charge in [-0.2, -0.15) is 11.8 Å². The fourth-order valence-electron chi connectivity index (χ4n) is 1.11. The topological polar surface area (TPSA) is 29.5 Å². The second-order valence-corrected chi connectivity index (χ2v) is 4.92. The highest BCUT2D eigenvalue weighted by Gasteiger charge is 2.05. The number of hydrogen-bond donors (Lipinski definition) is 1. The van der Waals surface area contributed by atoms with Crippen molar-refractivity contribution in [3.63, 3.8) is 0 Å².